The molecule has 4 N–H and O–H groups in total. The van der Waals surface area contributed by atoms with Gasteiger partial charge in [0.15, 0.2) is 0 Å². The van der Waals surface area contributed by atoms with Crippen LogP contribution in [0.4, 0.5) is 18.0 Å². The number of rotatable bonds is 5. The first-order valence-electron chi connectivity index (χ1n) is 7.90. The minimum absolute atomic E-state index is 0.0702. The Morgan fingerprint density at radius 3 is 2.48 bits per heavy atom. The molecule has 0 unspecified atom stereocenters. The predicted molar refractivity (Wildman–Crippen MR) is 85.8 cm³/mol. The Labute approximate surface area is 143 Å². The molecule has 1 heterocycles. The van der Waals surface area contributed by atoms with Gasteiger partial charge in [-0.15, -0.1) is 0 Å². The average Bonchev–Trinajstić information content (AvgIpc) is 2.96. The van der Waals surface area contributed by atoms with Gasteiger partial charge >= 0.3 is 12.2 Å². The number of imide groups is 1. The first-order valence-corrected chi connectivity index (χ1v) is 7.90. The maximum absolute atomic E-state index is 12.0. The van der Waals surface area contributed by atoms with Gasteiger partial charge in [0.2, 0.25) is 5.91 Å². The molecule has 3 amide bonds. The quantitative estimate of drug-likeness (QED) is 0.734. The molecule has 0 saturated carbocycles. The molecule has 1 aliphatic heterocycles. The summed E-state index contributed by atoms with van der Waals surface area (Å²) in [6.07, 6.45) is -4.52. The van der Waals surface area contributed by atoms with Crippen LogP contribution in [0.2, 0.25) is 0 Å². The van der Waals surface area contributed by atoms with Gasteiger partial charge in [0.05, 0.1) is 6.54 Å². The molecule has 2 atom stereocenters. The van der Waals surface area contributed by atoms with E-state index >= 15 is 0 Å². The lowest BCUT2D eigenvalue weighted by Gasteiger charge is -2.16. The third-order valence-electron chi connectivity index (χ3n) is 4.12. The first kappa shape index (κ1) is 19.2. The number of carbonyl (C=O) groups is 2. The van der Waals surface area contributed by atoms with Crippen LogP contribution in [0, 0.1) is 5.92 Å². The van der Waals surface area contributed by atoms with Crippen molar-refractivity contribution in [1.29, 1.82) is 0 Å². The van der Waals surface area contributed by atoms with Crippen molar-refractivity contribution in [2.24, 2.45) is 11.7 Å². The van der Waals surface area contributed by atoms with Crippen LogP contribution in [0.3, 0.4) is 0 Å². The van der Waals surface area contributed by atoms with Crippen molar-refractivity contribution in [2.75, 3.05) is 32.7 Å². The Morgan fingerprint density at radius 1 is 1.20 bits per heavy atom. The van der Waals surface area contributed by atoms with E-state index in [9.17, 15) is 22.8 Å². The van der Waals surface area contributed by atoms with Crippen molar-refractivity contribution in [2.45, 2.75) is 12.1 Å². The van der Waals surface area contributed by atoms with Gasteiger partial charge in [0.1, 0.15) is 6.54 Å². The van der Waals surface area contributed by atoms with E-state index in [1.807, 2.05) is 40.5 Å². The molecule has 1 saturated heterocycles. The first-order chi connectivity index (χ1) is 11.8. The van der Waals surface area contributed by atoms with Crippen LogP contribution in [0.15, 0.2) is 30.3 Å². The molecule has 1 fully saturated rings. The summed E-state index contributed by atoms with van der Waals surface area (Å²) >= 11 is 0. The van der Waals surface area contributed by atoms with Gasteiger partial charge in [0, 0.05) is 19.0 Å². The summed E-state index contributed by atoms with van der Waals surface area (Å²) in [5.74, 6) is -0.295. The third-order valence-corrected chi connectivity index (χ3v) is 4.12. The maximum atomic E-state index is 12.0. The highest BCUT2D eigenvalue weighted by Gasteiger charge is 2.34. The number of hydrogen-bond donors (Lipinski definition) is 3. The van der Waals surface area contributed by atoms with Crippen LogP contribution in [-0.2, 0) is 4.79 Å². The van der Waals surface area contributed by atoms with E-state index in [4.69, 9.17) is 5.73 Å². The minimum Gasteiger partial charge on any atom is -0.330 e. The molecule has 0 radical (unpaired) electrons. The van der Waals surface area contributed by atoms with E-state index in [0.29, 0.717) is 19.6 Å². The second-order valence-electron chi connectivity index (χ2n) is 6.05. The van der Waals surface area contributed by atoms with Gasteiger partial charge in [-0.1, -0.05) is 30.3 Å². The fourth-order valence-corrected chi connectivity index (χ4v) is 3.00. The second-order valence-corrected chi connectivity index (χ2v) is 6.05. The highest BCUT2D eigenvalue weighted by Crippen LogP contribution is 2.31. The lowest BCUT2D eigenvalue weighted by Crippen LogP contribution is -2.46. The molecule has 25 heavy (non-hydrogen) atoms. The smallest absolute Gasteiger partial charge is 0.330 e. The summed E-state index contributed by atoms with van der Waals surface area (Å²) in [7, 11) is 0. The predicted octanol–water partition coefficient (Wildman–Crippen LogP) is 1.05. The number of urea groups is 1. The molecule has 1 aromatic rings. The summed E-state index contributed by atoms with van der Waals surface area (Å²) in [6, 6.07) is 8.63. The number of alkyl halides is 3. The van der Waals surface area contributed by atoms with E-state index < -0.39 is 24.7 Å². The van der Waals surface area contributed by atoms with Crippen LogP contribution in [0.1, 0.15) is 11.5 Å². The number of likely N-dealkylation sites (tertiary alicyclic amines) is 1. The molecule has 9 heteroatoms. The van der Waals surface area contributed by atoms with E-state index in [2.05, 4.69) is 0 Å². The van der Waals surface area contributed by atoms with Crippen LogP contribution in [0.5, 0.6) is 0 Å². The maximum Gasteiger partial charge on any atom is 0.405 e. The highest BCUT2D eigenvalue weighted by molar-refractivity contribution is 5.95. The van der Waals surface area contributed by atoms with Gasteiger partial charge < -0.3 is 11.1 Å². The van der Waals surface area contributed by atoms with Crippen molar-refractivity contribution in [3.63, 3.8) is 0 Å². The molecule has 1 aromatic carbocycles. The number of nitrogens with zero attached hydrogens (tertiary/aromatic N) is 1. The second kappa shape index (κ2) is 8.30. The standard InChI is InChI=1S/C16H21F3N4O2/c17-16(18,19)10-21-15(25)22-14(24)9-23-7-12(6-20)13(8-23)11-4-2-1-3-5-11/h1-5,12-13H,6-10,20H2,(H2,21,22,24,25)/t12-,13+/m1/s1. The number of nitrogens with one attached hydrogen (secondary N) is 2. The summed E-state index contributed by atoms with van der Waals surface area (Å²) in [6.45, 7) is 0.0985. The van der Waals surface area contributed by atoms with Gasteiger partial charge in [-0.25, -0.2) is 4.79 Å². The molecule has 1 aliphatic rings. The van der Waals surface area contributed by atoms with Crippen LogP contribution in [0.25, 0.3) is 0 Å². The SMILES string of the molecule is NC[C@@H]1CN(CC(=O)NC(=O)NCC(F)(F)F)C[C@H]1c1ccccc1. The molecule has 0 bridgehead atoms. The number of hydrogen-bond acceptors (Lipinski definition) is 4. The topological polar surface area (TPSA) is 87.5 Å². The average molecular weight is 358 g/mol. The molecule has 138 valence electrons. The number of nitrogens with two attached hydrogens (primary N) is 1. The Morgan fingerprint density at radius 2 is 1.88 bits per heavy atom. The Hall–Kier alpha value is -2.13. The lowest BCUT2D eigenvalue weighted by molar-refractivity contribution is -0.125. The fraction of sp³-hybridized carbons (Fsp3) is 0.500. The molecule has 0 aliphatic carbocycles. The Bertz CT molecular complexity index is 595. The highest BCUT2D eigenvalue weighted by atomic mass is 19.4. The minimum atomic E-state index is -4.52. The normalized spacial score (nSPS) is 21.1. The van der Waals surface area contributed by atoms with Crippen molar-refractivity contribution in [3.05, 3.63) is 35.9 Å². The Kier molecular flexibility index (Phi) is 6.38. The zero-order valence-electron chi connectivity index (χ0n) is 13.6. The van der Waals surface area contributed by atoms with Crippen molar-refractivity contribution in [1.82, 2.24) is 15.5 Å². The van der Waals surface area contributed by atoms with E-state index in [0.717, 1.165) is 5.56 Å². The number of amides is 3. The largest absolute Gasteiger partial charge is 0.405 e. The zero-order valence-corrected chi connectivity index (χ0v) is 13.6. The van der Waals surface area contributed by atoms with Crippen molar-refractivity contribution >= 4 is 11.9 Å². The van der Waals surface area contributed by atoms with E-state index in [-0.39, 0.29) is 18.4 Å². The molecule has 2 rings (SSSR count). The lowest BCUT2D eigenvalue weighted by atomic mass is 9.89. The monoisotopic (exact) mass is 358 g/mol. The zero-order chi connectivity index (χ0) is 18.4. The van der Waals surface area contributed by atoms with Gasteiger partial charge in [0.25, 0.3) is 0 Å². The number of halogens is 3. The van der Waals surface area contributed by atoms with Gasteiger partial charge in [-0.3, -0.25) is 15.0 Å². The number of benzene rings is 1. The van der Waals surface area contributed by atoms with Crippen LogP contribution >= 0.6 is 0 Å². The fourth-order valence-electron chi connectivity index (χ4n) is 3.00. The summed E-state index contributed by atoms with van der Waals surface area (Å²) in [5.41, 5.74) is 6.95. The van der Waals surface area contributed by atoms with Crippen molar-refractivity contribution in [3.8, 4) is 0 Å². The van der Waals surface area contributed by atoms with Crippen molar-refractivity contribution < 1.29 is 22.8 Å². The van der Waals surface area contributed by atoms with E-state index in [1.165, 1.54) is 0 Å². The molecular weight excluding hydrogens is 337 g/mol. The summed E-state index contributed by atoms with van der Waals surface area (Å²) in [4.78, 5) is 25.0. The molecule has 0 aromatic heterocycles. The summed E-state index contributed by atoms with van der Waals surface area (Å²) in [5, 5.41) is 3.50. The Balaban J connectivity index is 1.84. The molecule has 6 nitrogen and oxygen atoms in total. The molecular formula is C16H21F3N4O2. The van der Waals surface area contributed by atoms with E-state index in [1.54, 1.807) is 5.32 Å². The molecule has 0 spiro atoms. The van der Waals surface area contributed by atoms with Crippen LogP contribution < -0.4 is 16.4 Å². The van der Waals surface area contributed by atoms with Gasteiger partial charge in [-0.2, -0.15) is 13.2 Å². The van der Waals surface area contributed by atoms with Gasteiger partial charge in [-0.05, 0) is 18.0 Å². The summed E-state index contributed by atoms with van der Waals surface area (Å²) < 4.78 is 36.1. The number of carbonyl (C=O) groups excluding carboxylic acids is 2. The third kappa shape index (κ3) is 6.02. The van der Waals surface area contributed by atoms with Crippen LogP contribution in [-0.4, -0.2) is 55.7 Å².